The average molecular weight is 320 g/mol. The quantitative estimate of drug-likeness (QED) is 0.805. The van der Waals surface area contributed by atoms with Gasteiger partial charge in [-0.05, 0) is 18.4 Å². The van der Waals surface area contributed by atoms with E-state index in [0.29, 0.717) is 11.6 Å². The predicted molar refractivity (Wildman–Crippen MR) is 83.0 cm³/mol. The molecule has 2 aromatic rings. The summed E-state index contributed by atoms with van der Waals surface area (Å²) in [6.07, 6.45) is 10.4. The maximum absolute atomic E-state index is 11.6. The molecule has 0 radical (unpaired) electrons. The summed E-state index contributed by atoms with van der Waals surface area (Å²) >= 11 is 0. The molecule has 0 aromatic carbocycles. The molecule has 118 valence electrons. The van der Waals surface area contributed by atoms with Crippen molar-refractivity contribution in [2.75, 3.05) is 6.26 Å². The Bertz CT molecular complexity index is 777. The van der Waals surface area contributed by atoms with Gasteiger partial charge in [0, 0.05) is 30.8 Å². The van der Waals surface area contributed by atoms with Crippen molar-refractivity contribution in [3.05, 3.63) is 24.2 Å². The van der Waals surface area contributed by atoms with E-state index in [1.165, 1.54) is 31.9 Å². The molecule has 1 aliphatic rings. The van der Waals surface area contributed by atoms with Gasteiger partial charge in [0.1, 0.15) is 0 Å². The molecule has 0 aliphatic heterocycles. The van der Waals surface area contributed by atoms with E-state index in [4.69, 9.17) is 0 Å². The fourth-order valence-electron chi connectivity index (χ4n) is 3.08. The first-order chi connectivity index (χ1) is 10.4. The van der Waals surface area contributed by atoms with Gasteiger partial charge in [0.05, 0.1) is 11.9 Å². The lowest BCUT2D eigenvalue weighted by atomic mass is 9.98. The second kappa shape index (κ2) is 5.79. The Labute approximate surface area is 130 Å². The molecule has 2 heterocycles. The highest BCUT2D eigenvalue weighted by Crippen LogP contribution is 2.31. The number of rotatable bonds is 4. The van der Waals surface area contributed by atoms with Crippen molar-refractivity contribution >= 4 is 9.84 Å². The standard InChI is InChI=1S/C15H20N4O2S/c1-19-14(9-11-5-3-4-6-11)12(10-17-19)13-7-8-16-15(18-13)22(2,20)21/h7-8,10-11H,3-6,9H2,1-2H3. The lowest BCUT2D eigenvalue weighted by molar-refractivity contribution is 0.521. The zero-order valence-electron chi connectivity index (χ0n) is 12.9. The number of hydrogen-bond acceptors (Lipinski definition) is 5. The van der Waals surface area contributed by atoms with Gasteiger partial charge in [-0.1, -0.05) is 25.7 Å². The monoisotopic (exact) mass is 320 g/mol. The second-order valence-corrected chi connectivity index (χ2v) is 7.89. The SMILES string of the molecule is Cn1ncc(-c2ccnc(S(C)(=O)=O)n2)c1CC1CCCC1. The van der Waals surface area contributed by atoms with E-state index in [1.807, 2.05) is 11.7 Å². The summed E-state index contributed by atoms with van der Waals surface area (Å²) in [6.45, 7) is 0. The van der Waals surface area contributed by atoms with Gasteiger partial charge >= 0.3 is 0 Å². The fraction of sp³-hybridized carbons (Fsp3) is 0.533. The molecule has 7 heteroatoms. The molecule has 2 aromatic heterocycles. The normalized spacial score (nSPS) is 16.3. The second-order valence-electron chi connectivity index (χ2n) is 5.98. The number of sulfone groups is 1. The molecule has 0 saturated heterocycles. The highest BCUT2D eigenvalue weighted by Gasteiger charge is 2.21. The summed E-state index contributed by atoms with van der Waals surface area (Å²) in [5.41, 5.74) is 2.64. The summed E-state index contributed by atoms with van der Waals surface area (Å²) in [5, 5.41) is 4.20. The van der Waals surface area contributed by atoms with Crippen molar-refractivity contribution in [3.63, 3.8) is 0 Å². The molecule has 0 atom stereocenters. The number of hydrogen-bond donors (Lipinski definition) is 0. The van der Waals surface area contributed by atoms with Crippen LogP contribution in [0.3, 0.4) is 0 Å². The van der Waals surface area contributed by atoms with E-state index >= 15 is 0 Å². The largest absolute Gasteiger partial charge is 0.272 e. The molecular formula is C15H20N4O2S. The number of aryl methyl sites for hydroxylation is 1. The van der Waals surface area contributed by atoms with E-state index in [-0.39, 0.29) is 5.16 Å². The number of nitrogens with zero attached hydrogens (tertiary/aromatic N) is 4. The van der Waals surface area contributed by atoms with Crippen molar-refractivity contribution in [3.8, 4) is 11.3 Å². The van der Waals surface area contributed by atoms with E-state index < -0.39 is 9.84 Å². The summed E-state index contributed by atoms with van der Waals surface area (Å²) in [6, 6.07) is 1.74. The Hall–Kier alpha value is -1.76. The Kier molecular flexibility index (Phi) is 3.99. The molecule has 0 N–H and O–H groups in total. The predicted octanol–water partition coefficient (Wildman–Crippen LogP) is 2.01. The van der Waals surface area contributed by atoms with Crippen molar-refractivity contribution in [2.45, 2.75) is 37.3 Å². The van der Waals surface area contributed by atoms with Gasteiger partial charge in [-0.3, -0.25) is 4.68 Å². The van der Waals surface area contributed by atoms with Crippen LogP contribution >= 0.6 is 0 Å². The molecule has 22 heavy (non-hydrogen) atoms. The first-order valence-electron chi connectivity index (χ1n) is 7.49. The molecule has 3 rings (SSSR count). The molecule has 6 nitrogen and oxygen atoms in total. The molecular weight excluding hydrogens is 300 g/mol. The highest BCUT2D eigenvalue weighted by molar-refractivity contribution is 7.90. The molecule has 1 aliphatic carbocycles. The zero-order chi connectivity index (χ0) is 15.7. The Morgan fingerprint density at radius 2 is 2.05 bits per heavy atom. The van der Waals surface area contributed by atoms with Gasteiger partial charge in [-0.25, -0.2) is 18.4 Å². The van der Waals surface area contributed by atoms with Crippen LogP contribution in [-0.4, -0.2) is 34.4 Å². The molecule has 0 spiro atoms. The lowest BCUT2D eigenvalue weighted by Gasteiger charge is -2.11. The summed E-state index contributed by atoms with van der Waals surface area (Å²) in [5.74, 6) is 0.686. The fourth-order valence-corrected chi connectivity index (χ4v) is 3.59. The van der Waals surface area contributed by atoms with Gasteiger partial charge in [0.2, 0.25) is 15.0 Å². The highest BCUT2D eigenvalue weighted by atomic mass is 32.2. The third kappa shape index (κ3) is 3.04. The van der Waals surface area contributed by atoms with Crippen LogP contribution in [0.5, 0.6) is 0 Å². The van der Waals surface area contributed by atoms with Crippen LogP contribution in [0.1, 0.15) is 31.4 Å². The molecule has 0 bridgehead atoms. The van der Waals surface area contributed by atoms with Crippen LogP contribution in [-0.2, 0) is 23.3 Å². The first kappa shape index (κ1) is 15.1. The third-order valence-corrected chi connectivity index (χ3v) is 5.12. The maximum atomic E-state index is 11.6. The van der Waals surface area contributed by atoms with E-state index in [0.717, 1.165) is 23.9 Å². The lowest BCUT2D eigenvalue weighted by Crippen LogP contribution is -2.08. The van der Waals surface area contributed by atoms with Gasteiger partial charge in [0.25, 0.3) is 0 Å². The Morgan fingerprint density at radius 1 is 1.32 bits per heavy atom. The van der Waals surface area contributed by atoms with E-state index in [9.17, 15) is 8.42 Å². The Balaban J connectivity index is 1.98. The third-order valence-electron chi connectivity index (χ3n) is 4.26. The van der Waals surface area contributed by atoms with Gasteiger partial charge in [-0.15, -0.1) is 0 Å². The Morgan fingerprint density at radius 3 is 2.73 bits per heavy atom. The van der Waals surface area contributed by atoms with Crippen molar-refractivity contribution in [2.24, 2.45) is 13.0 Å². The molecule has 1 saturated carbocycles. The summed E-state index contributed by atoms with van der Waals surface area (Å²) < 4.78 is 25.1. The summed E-state index contributed by atoms with van der Waals surface area (Å²) in [4.78, 5) is 8.06. The average Bonchev–Trinajstić information content (AvgIpc) is 3.10. The van der Waals surface area contributed by atoms with Crippen LogP contribution in [0.25, 0.3) is 11.3 Å². The van der Waals surface area contributed by atoms with Crippen LogP contribution in [0.4, 0.5) is 0 Å². The van der Waals surface area contributed by atoms with Crippen molar-refractivity contribution in [1.82, 2.24) is 19.7 Å². The van der Waals surface area contributed by atoms with Crippen molar-refractivity contribution in [1.29, 1.82) is 0 Å². The molecule has 1 fully saturated rings. The first-order valence-corrected chi connectivity index (χ1v) is 9.38. The minimum atomic E-state index is -3.41. The van der Waals surface area contributed by atoms with Crippen LogP contribution in [0.2, 0.25) is 0 Å². The summed E-state index contributed by atoms with van der Waals surface area (Å²) in [7, 11) is -1.49. The van der Waals surface area contributed by atoms with Crippen molar-refractivity contribution < 1.29 is 8.42 Å². The topological polar surface area (TPSA) is 77.7 Å². The van der Waals surface area contributed by atoms with Gasteiger partial charge < -0.3 is 0 Å². The molecule has 0 unspecified atom stereocenters. The van der Waals surface area contributed by atoms with Crippen LogP contribution in [0, 0.1) is 5.92 Å². The minimum absolute atomic E-state index is 0.138. The van der Waals surface area contributed by atoms with Crippen LogP contribution in [0.15, 0.2) is 23.6 Å². The van der Waals surface area contributed by atoms with E-state index in [1.54, 1.807) is 12.3 Å². The van der Waals surface area contributed by atoms with Gasteiger partial charge in [-0.2, -0.15) is 5.10 Å². The van der Waals surface area contributed by atoms with Crippen LogP contribution < -0.4 is 0 Å². The van der Waals surface area contributed by atoms with E-state index in [2.05, 4.69) is 15.1 Å². The zero-order valence-corrected chi connectivity index (χ0v) is 13.7. The van der Waals surface area contributed by atoms with Gasteiger partial charge in [0.15, 0.2) is 0 Å². The minimum Gasteiger partial charge on any atom is -0.272 e. The molecule has 0 amide bonds. The smallest absolute Gasteiger partial charge is 0.247 e. The number of aromatic nitrogens is 4. The maximum Gasteiger partial charge on any atom is 0.247 e.